The maximum atomic E-state index is 12.9. The first kappa shape index (κ1) is 19.3. The topological polar surface area (TPSA) is 123 Å². The predicted octanol–water partition coefficient (Wildman–Crippen LogP) is 3.46. The van der Waals surface area contributed by atoms with Gasteiger partial charge in [-0.05, 0) is 36.4 Å². The third-order valence-electron chi connectivity index (χ3n) is 3.42. The van der Waals surface area contributed by atoms with Crippen molar-refractivity contribution in [2.75, 3.05) is 16.4 Å². The molecule has 3 rings (SSSR count). The number of thioether (sulfide) groups is 1. The van der Waals surface area contributed by atoms with Crippen LogP contribution in [-0.4, -0.2) is 26.8 Å². The van der Waals surface area contributed by atoms with Crippen LogP contribution in [0.4, 0.5) is 21.5 Å². The lowest BCUT2D eigenvalue weighted by Gasteiger charge is -2.03. The van der Waals surface area contributed by atoms with Crippen LogP contribution in [0.5, 0.6) is 0 Å². The van der Waals surface area contributed by atoms with Gasteiger partial charge >= 0.3 is 0 Å². The maximum absolute atomic E-state index is 12.9. The van der Waals surface area contributed by atoms with Crippen LogP contribution in [-0.2, 0) is 11.3 Å². The van der Waals surface area contributed by atoms with Crippen LogP contribution in [0, 0.1) is 15.9 Å². The molecule has 28 heavy (non-hydrogen) atoms. The molecule has 0 saturated carbocycles. The lowest BCUT2D eigenvalue weighted by atomic mass is 10.3. The molecule has 1 amide bonds. The van der Waals surface area contributed by atoms with E-state index in [2.05, 4.69) is 20.8 Å². The van der Waals surface area contributed by atoms with Gasteiger partial charge in [-0.1, -0.05) is 11.8 Å². The zero-order valence-electron chi connectivity index (χ0n) is 14.3. The minimum Gasteiger partial charge on any atom is -0.414 e. The standard InChI is InChI=1S/C17H14FN5O4S/c18-11-1-3-12(4-2-11)19-9-16-21-22-17(27-16)28-10-15(24)20-13-5-7-14(8-6-13)23(25)26/h1-8,19H,9-10H2,(H,20,24). The fraction of sp³-hybridized carbons (Fsp3) is 0.118. The monoisotopic (exact) mass is 403 g/mol. The Hall–Kier alpha value is -3.47. The number of nitrogens with one attached hydrogen (secondary N) is 2. The van der Waals surface area contributed by atoms with E-state index in [-0.39, 0.29) is 34.9 Å². The lowest BCUT2D eigenvalue weighted by molar-refractivity contribution is -0.384. The largest absolute Gasteiger partial charge is 0.414 e. The third-order valence-corrected chi connectivity index (χ3v) is 4.24. The predicted molar refractivity (Wildman–Crippen MR) is 100 cm³/mol. The summed E-state index contributed by atoms with van der Waals surface area (Å²) in [6, 6.07) is 11.4. The molecule has 0 fully saturated rings. The van der Waals surface area contributed by atoms with Crippen LogP contribution < -0.4 is 10.6 Å². The second-order valence-electron chi connectivity index (χ2n) is 5.46. The Morgan fingerprint density at radius 2 is 1.79 bits per heavy atom. The Bertz CT molecular complexity index is 962. The summed E-state index contributed by atoms with van der Waals surface area (Å²) in [4.78, 5) is 22.0. The van der Waals surface area contributed by atoms with Crippen molar-refractivity contribution >= 4 is 34.7 Å². The van der Waals surface area contributed by atoms with Crippen LogP contribution in [0.2, 0.25) is 0 Å². The Morgan fingerprint density at radius 3 is 2.46 bits per heavy atom. The second-order valence-corrected chi connectivity index (χ2v) is 6.39. The van der Waals surface area contributed by atoms with Crippen molar-refractivity contribution in [1.82, 2.24) is 10.2 Å². The van der Waals surface area contributed by atoms with Gasteiger partial charge in [-0.25, -0.2) is 4.39 Å². The number of non-ortho nitro benzene ring substituents is 1. The molecule has 9 nitrogen and oxygen atoms in total. The first-order chi connectivity index (χ1) is 13.5. The van der Waals surface area contributed by atoms with Gasteiger partial charge in [0.2, 0.25) is 11.8 Å². The summed E-state index contributed by atoms with van der Waals surface area (Å²) in [6.07, 6.45) is 0. The molecule has 1 aromatic heterocycles. The summed E-state index contributed by atoms with van der Waals surface area (Å²) < 4.78 is 18.3. The minimum absolute atomic E-state index is 0.0318. The van der Waals surface area contributed by atoms with Crippen LogP contribution >= 0.6 is 11.8 Å². The van der Waals surface area contributed by atoms with E-state index < -0.39 is 4.92 Å². The lowest BCUT2D eigenvalue weighted by Crippen LogP contribution is -2.13. The molecule has 1 heterocycles. The molecule has 0 saturated heterocycles. The van der Waals surface area contributed by atoms with Crippen molar-refractivity contribution in [3.05, 3.63) is 70.4 Å². The van der Waals surface area contributed by atoms with E-state index in [4.69, 9.17) is 4.42 Å². The van der Waals surface area contributed by atoms with Crippen molar-refractivity contribution in [3.8, 4) is 0 Å². The van der Waals surface area contributed by atoms with Crippen LogP contribution in [0.3, 0.4) is 0 Å². The number of hydrogen-bond acceptors (Lipinski definition) is 8. The van der Waals surface area contributed by atoms with Gasteiger partial charge in [0.05, 0.1) is 17.2 Å². The minimum atomic E-state index is -0.514. The van der Waals surface area contributed by atoms with Gasteiger partial charge in [-0.15, -0.1) is 10.2 Å². The van der Waals surface area contributed by atoms with Gasteiger partial charge in [-0.3, -0.25) is 14.9 Å². The number of benzene rings is 2. The first-order valence-electron chi connectivity index (χ1n) is 7.98. The molecule has 0 aliphatic heterocycles. The fourth-order valence-corrected chi connectivity index (χ4v) is 2.68. The highest BCUT2D eigenvalue weighted by molar-refractivity contribution is 7.99. The summed E-state index contributed by atoms with van der Waals surface area (Å²) in [7, 11) is 0. The van der Waals surface area contributed by atoms with E-state index in [0.29, 0.717) is 17.3 Å². The molecule has 0 radical (unpaired) electrons. The molecule has 0 aliphatic rings. The smallest absolute Gasteiger partial charge is 0.277 e. The average molecular weight is 403 g/mol. The molecule has 2 aromatic carbocycles. The fourth-order valence-electron chi connectivity index (χ4n) is 2.10. The van der Waals surface area contributed by atoms with Crippen molar-refractivity contribution in [1.29, 1.82) is 0 Å². The quantitative estimate of drug-likeness (QED) is 0.333. The zero-order chi connectivity index (χ0) is 19.9. The van der Waals surface area contributed by atoms with Crippen molar-refractivity contribution < 1.29 is 18.5 Å². The van der Waals surface area contributed by atoms with Gasteiger partial charge < -0.3 is 15.1 Å². The molecule has 0 atom stereocenters. The number of carbonyl (C=O) groups is 1. The molecule has 0 aliphatic carbocycles. The second kappa shape index (κ2) is 8.95. The van der Waals surface area contributed by atoms with Crippen LogP contribution in [0.1, 0.15) is 5.89 Å². The summed E-state index contributed by atoms with van der Waals surface area (Å²) in [5.74, 6) is -0.288. The number of nitrogens with zero attached hydrogens (tertiary/aromatic N) is 3. The number of nitro groups is 1. The van der Waals surface area contributed by atoms with E-state index in [1.807, 2.05) is 0 Å². The zero-order valence-corrected chi connectivity index (χ0v) is 15.1. The van der Waals surface area contributed by atoms with Gasteiger partial charge in [0.1, 0.15) is 5.82 Å². The number of hydrogen-bond donors (Lipinski definition) is 2. The summed E-state index contributed by atoms with van der Waals surface area (Å²) in [5, 5.41) is 24.2. The van der Waals surface area contributed by atoms with E-state index >= 15 is 0 Å². The SMILES string of the molecule is O=C(CSc1nnc(CNc2ccc(F)cc2)o1)Nc1ccc([N+](=O)[O-])cc1. The average Bonchev–Trinajstić information content (AvgIpc) is 3.14. The van der Waals surface area contributed by atoms with Gasteiger partial charge in [-0.2, -0.15) is 0 Å². The number of anilines is 2. The Kier molecular flexibility index (Phi) is 6.17. The number of nitro benzene ring substituents is 1. The number of aromatic nitrogens is 2. The summed E-state index contributed by atoms with van der Waals surface area (Å²) in [5.41, 5.74) is 1.10. The Morgan fingerprint density at radius 1 is 1.11 bits per heavy atom. The first-order valence-corrected chi connectivity index (χ1v) is 8.97. The van der Waals surface area contributed by atoms with Crippen molar-refractivity contribution in [3.63, 3.8) is 0 Å². The molecule has 0 unspecified atom stereocenters. The van der Waals surface area contributed by atoms with Crippen molar-refractivity contribution in [2.24, 2.45) is 0 Å². The van der Waals surface area contributed by atoms with Crippen LogP contribution in [0.15, 0.2) is 58.2 Å². The van der Waals surface area contributed by atoms with E-state index in [0.717, 1.165) is 11.8 Å². The van der Waals surface area contributed by atoms with E-state index in [1.165, 1.54) is 36.4 Å². The van der Waals surface area contributed by atoms with Crippen LogP contribution in [0.25, 0.3) is 0 Å². The molecule has 11 heteroatoms. The summed E-state index contributed by atoms with van der Waals surface area (Å²) in [6.45, 7) is 0.258. The molecule has 0 spiro atoms. The van der Waals surface area contributed by atoms with E-state index in [1.54, 1.807) is 12.1 Å². The highest BCUT2D eigenvalue weighted by Gasteiger charge is 2.11. The normalized spacial score (nSPS) is 10.5. The third kappa shape index (κ3) is 5.51. The number of amides is 1. The number of halogens is 1. The van der Waals surface area contributed by atoms with Crippen molar-refractivity contribution in [2.45, 2.75) is 11.8 Å². The Labute approximate surface area is 162 Å². The maximum Gasteiger partial charge on any atom is 0.277 e. The molecule has 144 valence electrons. The summed E-state index contributed by atoms with van der Waals surface area (Å²) >= 11 is 1.06. The highest BCUT2D eigenvalue weighted by atomic mass is 32.2. The molecule has 2 N–H and O–H groups in total. The highest BCUT2D eigenvalue weighted by Crippen LogP contribution is 2.19. The number of rotatable bonds is 8. The van der Waals surface area contributed by atoms with Gasteiger partial charge in [0.25, 0.3) is 10.9 Å². The van der Waals surface area contributed by atoms with Gasteiger partial charge in [0, 0.05) is 23.5 Å². The molecule has 0 bridgehead atoms. The number of carbonyl (C=O) groups excluding carboxylic acids is 1. The van der Waals surface area contributed by atoms with Gasteiger partial charge in [0.15, 0.2) is 0 Å². The molecular formula is C17H14FN5O4S. The van der Waals surface area contributed by atoms with E-state index in [9.17, 15) is 19.3 Å². The Balaban J connectivity index is 1.45. The molecule has 3 aromatic rings. The molecular weight excluding hydrogens is 389 g/mol.